The predicted molar refractivity (Wildman–Crippen MR) is 83.5 cm³/mol. The molecule has 1 aromatic carbocycles. The first-order valence-electron chi connectivity index (χ1n) is 7.92. The van der Waals surface area contributed by atoms with Gasteiger partial charge >= 0.3 is 12.3 Å². The first kappa shape index (κ1) is 18.7. The second-order valence-electron chi connectivity index (χ2n) is 6.09. The molecule has 2 aliphatic rings. The number of fused-ring (bicyclic) bond motifs is 1. The van der Waals surface area contributed by atoms with Crippen LogP contribution in [0.15, 0.2) is 18.2 Å². The molecule has 1 unspecified atom stereocenters. The standard InChI is InChI=1S/C16H14F3N3O5/c17-16(18,19)7-27-15(26)20-9-1-2-10-8(5-9)6-22(14(10)25)11-3-4-12(23)21-13(11)24/h1-2,5,11H,3-4,6-7H2,(H,20,26)(H,21,23,24). The molecular formula is C16H14F3N3O5. The van der Waals surface area contributed by atoms with Crippen molar-refractivity contribution in [3.63, 3.8) is 0 Å². The minimum Gasteiger partial charge on any atom is -0.440 e. The van der Waals surface area contributed by atoms with E-state index in [0.717, 1.165) is 0 Å². The molecule has 2 aliphatic heterocycles. The highest BCUT2D eigenvalue weighted by Gasteiger charge is 2.39. The summed E-state index contributed by atoms with van der Waals surface area (Å²) in [7, 11) is 0. The third-order valence-electron chi connectivity index (χ3n) is 4.14. The third-order valence-corrected chi connectivity index (χ3v) is 4.14. The lowest BCUT2D eigenvalue weighted by molar-refractivity contribution is -0.159. The Bertz CT molecular complexity index is 824. The van der Waals surface area contributed by atoms with E-state index in [2.05, 4.69) is 15.4 Å². The highest BCUT2D eigenvalue weighted by Crippen LogP contribution is 2.29. The monoisotopic (exact) mass is 385 g/mol. The molecule has 2 N–H and O–H groups in total. The SMILES string of the molecule is O=C1CCC(N2Cc3cc(NC(=O)OCC(F)(F)F)ccc3C2=O)C(=O)N1. The van der Waals surface area contributed by atoms with Gasteiger partial charge in [-0.15, -0.1) is 0 Å². The van der Waals surface area contributed by atoms with Crippen molar-refractivity contribution >= 4 is 29.5 Å². The lowest BCUT2D eigenvalue weighted by atomic mass is 10.0. The second-order valence-corrected chi connectivity index (χ2v) is 6.09. The van der Waals surface area contributed by atoms with Crippen molar-refractivity contribution in [1.82, 2.24) is 10.2 Å². The first-order valence-corrected chi connectivity index (χ1v) is 7.92. The van der Waals surface area contributed by atoms with Crippen LogP contribution in [0.4, 0.5) is 23.7 Å². The number of piperidine rings is 1. The molecule has 1 atom stereocenters. The molecule has 27 heavy (non-hydrogen) atoms. The van der Waals surface area contributed by atoms with Crippen molar-refractivity contribution in [3.05, 3.63) is 29.3 Å². The minimum absolute atomic E-state index is 0.0769. The maximum Gasteiger partial charge on any atom is 0.422 e. The van der Waals surface area contributed by atoms with Crippen LogP contribution in [0, 0.1) is 0 Å². The second kappa shape index (κ2) is 6.89. The summed E-state index contributed by atoms with van der Waals surface area (Å²) in [6, 6.07) is 3.40. The summed E-state index contributed by atoms with van der Waals surface area (Å²) in [5.74, 6) is -1.35. The fourth-order valence-corrected chi connectivity index (χ4v) is 2.95. The molecule has 0 aliphatic carbocycles. The van der Waals surface area contributed by atoms with E-state index in [1.54, 1.807) is 0 Å². The van der Waals surface area contributed by atoms with E-state index < -0.39 is 42.6 Å². The largest absolute Gasteiger partial charge is 0.440 e. The number of halogens is 3. The molecular weight excluding hydrogens is 371 g/mol. The van der Waals surface area contributed by atoms with Gasteiger partial charge in [0.2, 0.25) is 11.8 Å². The van der Waals surface area contributed by atoms with Gasteiger partial charge in [0, 0.05) is 24.2 Å². The van der Waals surface area contributed by atoms with Gasteiger partial charge in [0.05, 0.1) is 0 Å². The average Bonchev–Trinajstić information content (AvgIpc) is 2.89. The van der Waals surface area contributed by atoms with Gasteiger partial charge < -0.3 is 9.64 Å². The maximum absolute atomic E-state index is 12.5. The lowest BCUT2D eigenvalue weighted by Gasteiger charge is -2.29. The van der Waals surface area contributed by atoms with Crippen molar-refractivity contribution in [2.45, 2.75) is 31.6 Å². The number of ether oxygens (including phenoxy) is 1. The van der Waals surface area contributed by atoms with Gasteiger partial charge in [0.15, 0.2) is 6.61 Å². The zero-order chi connectivity index (χ0) is 19.8. The van der Waals surface area contributed by atoms with Gasteiger partial charge in [0.1, 0.15) is 6.04 Å². The average molecular weight is 385 g/mol. The van der Waals surface area contributed by atoms with E-state index in [1.165, 1.54) is 23.1 Å². The number of nitrogens with one attached hydrogen (secondary N) is 2. The Hall–Kier alpha value is -3.11. The number of amides is 4. The molecule has 1 fully saturated rings. The van der Waals surface area contributed by atoms with Crippen LogP contribution in [0.3, 0.4) is 0 Å². The van der Waals surface area contributed by atoms with Crippen LogP contribution >= 0.6 is 0 Å². The van der Waals surface area contributed by atoms with Gasteiger partial charge in [-0.1, -0.05) is 0 Å². The van der Waals surface area contributed by atoms with E-state index in [1.807, 2.05) is 0 Å². The predicted octanol–water partition coefficient (Wildman–Crippen LogP) is 1.56. The van der Waals surface area contributed by atoms with Crippen LogP contribution in [0.5, 0.6) is 0 Å². The number of rotatable bonds is 3. The topological polar surface area (TPSA) is 105 Å². The Morgan fingerprint density at radius 1 is 1.30 bits per heavy atom. The van der Waals surface area contributed by atoms with Crippen LogP contribution in [-0.4, -0.2) is 47.5 Å². The highest BCUT2D eigenvalue weighted by molar-refractivity contribution is 6.05. The number of anilines is 1. The van der Waals surface area contributed by atoms with Crippen LogP contribution in [0.2, 0.25) is 0 Å². The Balaban J connectivity index is 1.68. The number of alkyl halides is 3. The summed E-state index contributed by atoms with van der Waals surface area (Å²) in [5.41, 5.74) is 0.964. The molecule has 1 saturated heterocycles. The van der Waals surface area contributed by atoms with Gasteiger partial charge in [-0.2, -0.15) is 13.2 Å². The van der Waals surface area contributed by atoms with E-state index in [4.69, 9.17) is 0 Å². The highest BCUT2D eigenvalue weighted by atomic mass is 19.4. The van der Waals surface area contributed by atoms with Gasteiger partial charge in [-0.3, -0.25) is 25.0 Å². The molecule has 0 saturated carbocycles. The number of nitrogens with zero attached hydrogens (tertiary/aromatic N) is 1. The fourth-order valence-electron chi connectivity index (χ4n) is 2.95. The molecule has 2 heterocycles. The summed E-state index contributed by atoms with van der Waals surface area (Å²) < 4.78 is 40.2. The zero-order valence-electron chi connectivity index (χ0n) is 13.8. The third kappa shape index (κ3) is 4.18. The molecule has 0 spiro atoms. The molecule has 0 radical (unpaired) electrons. The molecule has 0 bridgehead atoms. The van der Waals surface area contributed by atoms with Crippen molar-refractivity contribution in [2.24, 2.45) is 0 Å². The molecule has 0 aromatic heterocycles. The molecule has 11 heteroatoms. The normalized spacial score (nSPS) is 19.6. The number of hydrogen-bond donors (Lipinski definition) is 2. The lowest BCUT2D eigenvalue weighted by Crippen LogP contribution is -2.52. The van der Waals surface area contributed by atoms with E-state index in [9.17, 15) is 32.3 Å². The van der Waals surface area contributed by atoms with Gasteiger partial charge in [0.25, 0.3) is 5.91 Å². The maximum atomic E-state index is 12.5. The van der Waals surface area contributed by atoms with Crippen LogP contribution in [0.25, 0.3) is 0 Å². The summed E-state index contributed by atoms with van der Waals surface area (Å²) in [5, 5.41) is 4.33. The van der Waals surface area contributed by atoms with E-state index in [-0.39, 0.29) is 25.1 Å². The van der Waals surface area contributed by atoms with Crippen molar-refractivity contribution < 1.29 is 37.1 Å². The quantitative estimate of drug-likeness (QED) is 0.769. The summed E-state index contributed by atoms with van der Waals surface area (Å²) in [6.45, 7) is -1.64. The number of hydrogen-bond acceptors (Lipinski definition) is 5. The molecule has 3 rings (SSSR count). The number of benzene rings is 1. The van der Waals surface area contributed by atoms with E-state index in [0.29, 0.717) is 11.1 Å². The Morgan fingerprint density at radius 3 is 2.70 bits per heavy atom. The summed E-state index contributed by atoms with van der Waals surface area (Å²) in [6.07, 6.45) is -5.59. The fraction of sp³-hybridized carbons (Fsp3) is 0.375. The molecule has 8 nitrogen and oxygen atoms in total. The molecule has 1 aromatic rings. The Labute approximate surface area is 150 Å². The van der Waals surface area contributed by atoms with Gasteiger partial charge in [-0.05, 0) is 30.2 Å². The zero-order valence-corrected chi connectivity index (χ0v) is 13.8. The van der Waals surface area contributed by atoms with Crippen LogP contribution in [-0.2, 0) is 20.9 Å². The molecule has 144 valence electrons. The Kier molecular flexibility index (Phi) is 4.77. The number of imide groups is 1. The van der Waals surface area contributed by atoms with Crippen molar-refractivity contribution in [1.29, 1.82) is 0 Å². The van der Waals surface area contributed by atoms with E-state index >= 15 is 0 Å². The Morgan fingerprint density at radius 2 is 2.04 bits per heavy atom. The minimum atomic E-state index is -4.63. The summed E-state index contributed by atoms with van der Waals surface area (Å²) >= 11 is 0. The van der Waals surface area contributed by atoms with Gasteiger partial charge in [-0.25, -0.2) is 4.79 Å². The number of carbonyl (C=O) groups is 4. The molecule has 4 amide bonds. The van der Waals surface area contributed by atoms with Crippen molar-refractivity contribution in [3.8, 4) is 0 Å². The first-order chi connectivity index (χ1) is 12.6. The summed E-state index contributed by atoms with van der Waals surface area (Å²) in [4.78, 5) is 48.4. The number of carbonyl (C=O) groups excluding carboxylic acids is 4. The van der Waals surface area contributed by atoms with Crippen LogP contribution < -0.4 is 10.6 Å². The van der Waals surface area contributed by atoms with Crippen molar-refractivity contribution in [2.75, 3.05) is 11.9 Å². The smallest absolute Gasteiger partial charge is 0.422 e. The van der Waals surface area contributed by atoms with Crippen LogP contribution in [0.1, 0.15) is 28.8 Å².